The Morgan fingerprint density at radius 3 is 2.37 bits per heavy atom. The number of carbonyl (C=O) groups excluding carboxylic acids is 1. The van der Waals surface area contributed by atoms with E-state index in [2.05, 4.69) is 19.2 Å². The van der Waals surface area contributed by atoms with Gasteiger partial charge >= 0.3 is 5.97 Å². The number of aromatic carboxylic acids is 1. The molecular weight excluding hydrogens is 242 g/mol. The topological polar surface area (TPSA) is 66.4 Å². The molecule has 4 heteroatoms. The van der Waals surface area contributed by atoms with Crippen molar-refractivity contribution in [2.75, 3.05) is 6.54 Å². The van der Waals surface area contributed by atoms with E-state index in [0.29, 0.717) is 6.54 Å². The average Bonchev–Trinajstić information content (AvgIpc) is 2.99. The molecule has 1 saturated carbocycles. The van der Waals surface area contributed by atoms with E-state index in [4.69, 9.17) is 5.11 Å². The van der Waals surface area contributed by atoms with Crippen LogP contribution in [0.3, 0.4) is 0 Å². The molecule has 1 atom stereocenters. The van der Waals surface area contributed by atoms with Crippen LogP contribution in [-0.4, -0.2) is 23.5 Å². The molecule has 1 amide bonds. The van der Waals surface area contributed by atoms with E-state index in [1.807, 2.05) is 0 Å². The molecule has 1 aromatic rings. The maximum absolute atomic E-state index is 11.8. The summed E-state index contributed by atoms with van der Waals surface area (Å²) in [7, 11) is 0. The minimum atomic E-state index is -0.921. The van der Waals surface area contributed by atoms with Crippen LogP contribution in [0.5, 0.6) is 0 Å². The van der Waals surface area contributed by atoms with Gasteiger partial charge in [-0.2, -0.15) is 0 Å². The van der Waals surface area contributed by atoms with Crippen LogP contribution in [0.1, 0.15) is 36.2 Å². The van der Waals surface area contributed by atoms with Gasteiger partial charge in [0.15, 0.2) is 0 Å². The lowest BCUT2D eigenvalue weighted by Gasteiger charge is -2.07. The van der Waals surface area contributed by atoms with Crippen molar-refractivity contribution in [3.05, 3.63) is 35.4 Å². The number of hydrogen-bond acceptors (Lipinski definition) is 2. The lowest BCUT2D eigenvalue weighted by molar-refractivity contribution is -0.122. The molecule has 0 aliphatic heterocycles. The quantitative estimate of drug-likeness (QED) is 0.853. The van der Waals surface area contributed by atoms with Crippen LogP contribution < -0.4 is 5.32 Å². The minimum absolute atomic E-state index is 0.132. The first-order chi connectivity index (χ1) is 8.90. The fraction of sp³-hybridized carbons (Fsp3) is 0.467. The Morgan fingerprint density at radius 2 is 1.89 bits per heavy atom. The van der Waals surface area contributed by atoms with Gasteiger partial charge in [-0.15, -0.1) is 0 Å². The van der Waals surface area contributed by atoms with E-state index >= 15 is 0 Å². The van der Waals surface area contributed by atoms with Gasteiger partial charge in [-0.05, 0) is 36.0 Å². The van der Waals surface area contributed by atoms with Crippen molar-refractivity contribution in [2.45, 2.75) is 26.7 Å². The maximum atomic E-state index is 11.8. The zero-order valence-corrected chi connectivity index (χ0v) is 11.3. The second-order valence-electron chi connectivity index (χ2n) is 5.79. The summed E-state index contributed by atoms with van der Waals surface area (Å²) >= 11 is 0. The van der Waals surface area contributed by atoms with E-state index in [1.165, 1.54) is 0 Å². The predicted octanol–water partition coefficient (Wildman–Crippen LogP) is 2.09. The number of rotatable bonds is 5. The Labute approximate surface area is 112 Å². The molecule has 0 heterocycles. The lowest BCUT2D eigenvalue weighted by atomic mass is 10.1. The van der Waals surface area contributed by atoms with Gasteiger partial charge in [0.25, 0.3) is 0 Å². The first-order valence-electron chi connectivity index (χ1n) is 6.50. The number of benzene rings is 1. The number of carboxylic acid groups (broad SMARTS) is 1. The van der Waals surface area contributed by atoms with Gasteiger partial charge in [0.1, 0.15) is 0 Å². The SMILES string of the molecule is CC1(C)CC1C(=O)NCCc1ccc(C(=O)O)cc1. The second kappa shape index (κ2) is 5.03. The Balaban J connectivity index is 1.77. The van der Waals surface area contributed by atoms with Crippen molar-refractivity contribution in [2.24, 2.45) is 11.3 Å². The highest BCUT2D eigenvalue weighted by molar-refractivity contribution is 5.87. The molecule has 1 aliphatic carbocycles. The van der Waals surface area contributed by atoms with Crippen LogP contribution in [0.25, 0.3) is 0 Å². The smallest absolute Gasteiger partial charge is 0.335 e. The van der Waals surface area contributed by atoms with Crippen LogP contribution in [-0.2, 0) is 11.2 Å². The molecule has 2 N–H and O–H groups in total. The Bertz CT molecular complexity index is 491. The molecule has 19 heavy (non-hydrogen) atoms. The van der Waals surface area contributed by atoms with Crippen molar-refractivity contribution in [1.82, 2.24) is 5.32 Å². The molecule has 1 aliphatic rings. The van der Waals surface area contributed by atoms with Gasteiger partial charge in [-0.1, -0.05) is 26.0 Å². The van der Waals surface area contributed by atoms with Crippen molar-refractivity contribution in [1.29, 1.82) is 0 Å². The first-order valence-corrected chi connectivity index (χ1v) is 6.50. The average molecular weight is 261 g/mol. The van der Waals surface area contributed by atoms with Gasteiger partial charge < -0.3 is 10.4 Å². The molecule has 2 rings (SSSR count). The van der Waals surface area contributed by atoms with Crippen molar-refractivity contribution >= 4 is 11.9 Å². The van der Waals surface area contributed by atoms with E-state index in [1.54, 1.807) is 24.3 Å². The first kappa shape index (κ1) is 13.6. The van der Waals surface area contributed by atoms with Crippen molar-refractivity contribution < 1.29 is 14.7 Å². The highest BCUT2D eigenvalue weighted by Crippen LogP contribution is 2.51. The Hall–Kier alpha value is -1.84. The molecular formula is C15H19NO3. The zero-order chi connectivity index (χ0) is 14.0. The van der Waals surface area contributed by atoms with Crippen LogP contribution >= 0.6 is 0 Å². The summed E-state index contributed by atoms with van der Waals surface area (Å²) in [6.07, 6.45) is 1.69. The van der Waals surface area contributed by atoms with Crippen LogP contribution in [0.2, 0.25) is 0 Å². The highest BCUT2D eigenvalue weighted by atomic mass is 16.4. The summed E-state index contributed by atoms with van der Waals surface area (Å²) in [5.41, 5.74) is 1.47. The lowest BCUT2D eigenvalue weighted by Crippen LogP contribution is -2.28. The molecule has 0 spiro atoms. The van der Waals surface area contributed by atoms with Gasteiger partial charge in [0, 0.05) is 12.5 Å². The minimum Gasteiger partial charge on any atom is -0.478 e. The summed E-state index contributed by atoms with van der Waals surface area (Å²) < 4.78 is 0. The second-order valence-corrected chi connectivity index (χ2v) is 5.79. The monoisotopic (exact) mass is 261 g/mol. The fourth-order valence-corrected chi connectivity index (χ4v) is 2.18. The van der Waals surface area contributed by atoms with Crippen LogP contribution in [0.15, 0.2) is 24.3 Å². The molecule has 4 nitrogen and oxygen atoms in total. The summed E-state index contributed by atoms with van der Waals surface area (Å²) in [4.78, 5) is 22.5. The van der Waals surface area contributed by atoms with Crippen molar-refractivity contribution in [3.8, 4) is 0 Å². The normalized spacial score (nSPS) is 19.8. The Kier molecular flexibility index (Phi) is 3.60. The summed E-state index contributed by atoms with van der Waals surface area (Å²) in [6.45, 7) is 4.79. The molecule has 102 valence electrons. The number of carboxylic acids is 1. The van der Waals surface area contributed by atoms with E-state index in [9.17, 15) is 9.59 Å². The highest BCUT2D eigenvalue weighted by Gasteiger charge is 2.50. The molecule has 1 fully saturated rings. The molecule has 0 aromatic heterocycles. The van der Waals surface area contributed by atoms with Gasteiger partial charge in [0.05, 0.1) is 5.56 Å². The number of amides is 1. The number of hydrogen-bond donors (Lipinski definition) is 2. The molecule has 0 bridgehead atoms. The standard InChI is InChI=1S/C15H19NO3/c1-15(2)9-12(15)13(17)16-8-7-10-3-5-11(6-4-10)14(18)19/h3-6,12H,7-9H2,1-2H3,(H,16,17)(H,18,19). The maximum Gasteiger partial charge on any atom is 0.335 e. The Morgan fingerprint density at radius 1 is 1.32 bits per heavy atom. The third-order valence-corrected chi connectivity index (χ3v) is 3.74. The van der Waals surface area contributed by atoms with Crippen LogP contribution in [0, 0.1) is 11.3 Å². The molecule has 0 saturated heterocycles. The van der Waals surface area contributed by atoms with E-state index in [-0.39, 0.29) is 22.8 Å². The van der Waals surface area contributed by atoms with E-state index < -0.39 is 5.97 Å². The van der Waals surface area contributed by atoms with Gasteiger partial charge in [0.2, 0.25) is 5.91 Å². The van der Waals surface area contributed by atoms with Crippen LogP contribution in [0.4, 0.5) is 0 Å². The van der Waals surface area contributed by atoms with Crippen molar-refractivity contribution in [3.63, 3.8) is 0 Å². The third kappa shape index (κ3) is 3.34. The third-order valence-electron chi connectivity index (χ3n) is 3.74. The predicted molar refractivity (Wildman–Crippen MR) is 72.0 cm³/mol. The molecule has 0 radical (unpaired) electrons. The number of carbonyl (C=O) groups is 2. The number of nitrogens with one attached hydrogen (secondary N) is 1. The summed E-state index contributed by atoms with van der Waals surface area (Å²) in [6, 6.07) is 6.75. The summed E-state index contributed by atoms with van der Waals surface area (Å²) in [5, 5.41) is 11.7. The van der Waals surface area contributed by atoms with Gasteiger partial charge in [-0.25, -0.2) is 4.79 Å². The fourth-order valence-electron chi connectivity index (χ4n) is 2.18. The molecule has 1 aromatic carbocycles. The van der Waals surface area contributed by atoms with Gasteiger partial charge in [-0.3, -0.25) is 4.79 Å². The summed E-state index contributed by atoms with van der Waals surface area (Å²) in [5.74, 6) is -0.634. The zero-order valence-electron chi connectivity index (χ0n) is 11.3. The van der Waals surface area contributed by atoms with E-state index in [0.717, 1.165) is 18.4 Å². The molecule has 1 unspecified atom stereocenters. The largest absolute Gasteiger partial charge is 0.478 e.